The molecule has 0 aromatic rings. The average Bonchev–Trinajstić information content (AvgIpc) is 2.25. The van der Waals surface area contributed by atoms with Gasteiger partial charge in [0.15, 0.2) is 0 Å². The van der Waals surface area contributed by atoms with Gasteiger partial charge in [0.05, 0.1) is 0 Å². The Morgan fingerprint density at radius 2 is 1.53 bits per heavy atom. The van der Waals surface area contributed by atoms with Gasteiger partial charge in [0.2, 0.25) is 0 Å². The summed E-state index contributed by atoms with van der Waals surface area (Å²) in [5.41, 5.74) is 0. The van der Waals surface area contributed by atoms with Crippen LogP contribution in [0.1, 0.15) is 72.1 Å². The zero-order chi connectivity index (χ0) is 11.4. The summed E-state index contributed by atoms with van der Waals surface area (Å²) in [4.78, 5) is 0. The minimum absolute atomic E-state index is 0.927. The highest BCUT2D eigenvalue weighted by Crippen LogP contribution is 2.15. The molecule has 0 radical (unpaired) electrons. The number of nitrogens with one attached hydrogen (secondary N) is 1. The molecule has 1 nitrogen and oxygen atoms in total. The van der Waals surface area contributed by atoms with Crippen LogP contribution >= 0.6 is 0 Å². The summed E-state index contributed by atoms with van der Waals surface area (Å²) < 4.78 is 0. The Morgan fingerprint density at radius 1 is 0.800 bits per heavy atom. The van der Waals surface area contributed by atoms with E-state index in [-0.39, 0.29) is 0 Å². The summed E-state index contributed by atoms with van der Waals surface area (Å²) in [6, 6.07) is 0. The second kappa shape index (κ2) is 12.0. The van der Waals surface area contributed by atoms with Crippen molar-refractivity contribution in [1.82, 2.24) is 5.32 Å². The van der Waals surface area contributed by atoms with Crippen LogP contribution in [0, 0.1) is 5.92 Å². The first-order valence-electron chi connectivity index (χ1n) is 7.05. The molecule has 0 saturated carbocycles. The molecule has 0 spiro atoms. The molecule has 1 heteroatoms. The van der Waals surface area contributed by atoms with Gasteiger partial charge >= 0.3 is 0 Å². The van der Waals surface area contributed by atoms with Crippen LogP contribution in [0.2, 0.25) is 0 Å². The zero-order valence-corrected chi connectivity index (χ0v) is 11.1. The molecule has 92 valence electrons. The lowest BCUT2D eigenvalue weighted by Gasteiger charge is -2.16. The minimum Gasteiger partial charge on any atom is -0.317 e. The molecule has 0 bridgehead atoms. The number of unbranched alkanes of at least 4 members (excludes halogenated alkanes) is 4. The average molecular weight is 213 g/mol. The third kappa shape index (κ3) is 10.2. The predicted octanol–water partition coefficient (Wildman–Crippen LogP) is 4.37. The smallest absolute Gasteiger partial charge is 0.00206 e. The standard InChI is InChI=1S/C14H31N/c1-4-7-8-9-10-12-14(11-5-2)13-15-6-3/h14-15H,4-13H2,1-3H3. The van der Waals surface area contributed by atoms with Crippen molar-refractivity contribution in [3.8, 4) is 0 Å². The first-order valence-corrected chi connectivity index (χ1v) is 7.05. The van der Waals surface area contributed by atoms with E-state index in [1.165, 1.54) is 57.9 Å². The van der Waals surface area contributed by atoms with Gasteiger partial charge in [0, 0.05) is 0 Å². The summed E-state index contributed by atoms with van der Waals surface area (Å²) in [5, 5.41) is 3.49. The topological polar surface area (TPSA) is 12.0 Å². The summed E-state index contributed by atoms with van der Waals surface area (Å²) in [7, 11) is 0. The Labute approximate surface area is 97.0 Å². The largest absolute Gasteiger partial charge is 0.317 e. The third-order valence-corrected chi connectivity index (χ3v) is 3.10. The van der Waals surface area contributed by atoms with Crippen LogP contribution in [0.5, 0.6) is 0 Å². The van der Waals surface area contributed by atoms with Crippen molar-refractivity contribution in [2.75, 3.05) is 13.1 Å². The van der Waals surface area contributed by atoms with E-state index in [1.807, 2.05) is 0 Å². The van der Waals surface area contributed by atoms with Gasteiger partial charge in [-0.3, -0.25) is 0 Å². The highest BCUT2D eigenvalue weighted by molar-refractivity contribution is 4.62. The minimum atomic E-state index is 0.927. The van der Waals surface area contributed by atoms with Gasteiger partial charge in [-0.1, -0.05) is 59.3 Å². The van der Waals surface area contributed by atoms with Crippen LogP contribution in [0.15, 0.2) is 0 Å². The van der Waals surface area contributed by atoms with E-state index >= 15 is 0 Å². The Bertz CT molecular complexity index is 112. The first kappa shape index (κ1) is 15.0. The monoisotopic (exact) mass is 213 g/mol. The lowest BCUT2D eigenvalue weighted by molar-refractivity contribution is 0.399. The SMILES string of the molecule is CCCCCCCC(CCC)CNCC. The normalized spacial score (nSPS) is 13.0. The molecular weight excluding hydrogens is 182 g/mol. The van der Waals surface area contributed by atoms with Crippen LogP contribution < -0.4 is 5.32 Å². The van der Waals surface area contributed by atoms with Gasteiger partial charge in [-0.25, -0.2) is 0 Å². The van der Waals surface area contributed by atoms with Crippen molar-refractivity contribution in [3.63, 3.8) is 0 Å². The molecule has 0 amide bonds. The van der Waals surface area contributed by atoms with Gasteiger partial charge < -0.3 is 5.32 Å². The quantitative estimate of drug-likeness (QED) is 0.502. The molecule has 1 atom stereocenters. The van der Waals surface area contributed by atoms with Crippen LogP contribution in [0.25, 0.3) is 0 Å². The molecule has 0 aromatic heterocycles. The number of hydrogen-bond donors (Lipinski definition) is 1. The van der Waals surface area contributed by atoms with E-state index in [4.69, 9.17) is 0 Å². The van der Waals surface area contributed by atoms with Crippen LogP contribution in [0.4, 0.5) is 0 Å². The van der Waals surface area contributed by atoms with Crippen molar-refractivity contribution >= 4 is 0 Å². The first-order chi connectivity index (χ1) is 7.35. The van der Waals surface area contributed by atoms with Gasteiger partial charge in [0.1, 0.15) is 0 Å². The summed E-state index contributed by atoms with van der Waals surface area (Å²) in [5.74, 6) is 0.927. The maximum atomic E-state index is 3.49. The van der Waals surface area contributed by atoms with Gasteiger partial charge in [-0.15, -0.1) is 0 Å². The molecule has 0 aliphatic rings. The Kier molecular flexibility index (Phi) is 12.0. The molecule has 0 aliphatic carbocycles. The third-order valence-electron chi connectivity index (χ3n) is 3.10. The molecule has 0 aromatic carbocycles. The van der Waals surface area contributed by atoms with Crippen molar-refractivity contribution in [1.29, 1.82) is 0 Å². The maximum absolute atomic E-state index is 3.49. The van der Waals surface area contributed by atoms with Crippen molar-refractivity contribution < 1.29 is 0 Å². The van der Waals surface area contributed by atoms with E-state index in [0.29, 0.717) is 0 Å². The molecule has 0 rings (SSSR count). The molecule has 0 aliphatic heterocycles. The predicted molar refractivity (Wildman–Crippen MR) is 70.3 cm³/mol. The zero-order valence-electron chi connectivity index (χ0n) is 11.1. The van der Waals surface area contributed by atoms with E-state index in [1.54, 1.807) is 0 Å². The van der Waals surface area contributed by atoms with E-state index in [9.17, 15) is 0 Å². The maximum Gasteiger partial charge on any atom is -0.00206 e. The molecular formula is C14H31N. The summed E-state index contributed by atoms with van der Waals surface area (Å²) in [6.45, 7) is 9.14. The van der Waals surface area contributed by atoms with Crippen LogP contribution in [0.3, 0.4) is 0 Å². The fraction of sp³-hybridized carbons (Fsp3) is 1.00. The molecule has 1 N–H and O–H groups in total. The molecule has 0 heterocycles. The highest BCUT2D eigenvalue weighted by atomic mass is 14.8. The molecule has 0 saturated heterocycles. The lowest BCUT2D eigenvalue weighted by atomic mass is 9.96. The second-order valence-electron chi connectivity index (χ2n) is 4.67. The number of rotatable bonds is 11. The van der Waals surface area contributed by atoms with E-state index < -0.39 is 0 Å². The fourth-order valence-corrected chi connectivity index (χ4v) is 2.14. The molecule has 0 fully saturated rings. The molecule has 15 heavy (non-hydrogen) atoms. The van der Waals surface area contributed by atoms with Crippen LogP contribution in [-0.4, -0.2) is 13.1 Å². The van der Waals surface area contributed by atoms with E-state index in [2.05, 4.69) is 26.1 Å². The van der Waals surface area contributed by atoms with E-state index in [0.717, 1.165) is 12.5 Å². The Hall–Kier alpha value is -0.0400. The number of hydrogen-bond acceptors (Lipinski definition) is 1. The van der Waals surface area contributed by atoms with Crippen LogP contribution in [-0.2, 0) is 0 Å². The van der Waals surface area contributed by atoms with Crippen molar-refractivity contribution in [2.24, 2.45) is 5.92 Å². The second-order valence-corrected chi connectivity index (χ2v) is 4.67. The lowest BCUT2D eigenvalue weighted by Crippen LogP contribution is -2.22. The van der Waals surface area contributed by atoms with Crippen molar-refractivity contribution in [2.45, 2.75) is 72.1 Å². The van der Waals surface area contributed by atoms with Gasteiger partial charge in [-0.2, -0.15) is 0 Å². The molecule has 1 unspecified atom stereocenters. The summed E-state index contributed by atoms with van der Waals surface area (Å²) >= 11 is 0. The Morgan fingerprint density at radius 3 is 2.13 bits per heavy atom. The van der Waals surface area contributed by atoms with Crippen molar-refractivity contribution in [3.05, 3.63) is 0 Å². The van der Waals surface area contributed by atoms with Gasteiger partial charge in [-0.05, 0) is 31.8 Å². The fourth-order valence-electron chi connectivity index (χ4n) is 2.14. The highest BCUT2D eigenvalue weighted by Gasteiger charge is 2.06. The van der Waals surface area contributed by atoms with Gasteiger partial charge in [0.25, 0.3) is 0 Å². The summed E-state index contributed by atoms with van der Waals surface area (Å²) in [6.07, 6.45) is 11.3. The Balaban J connectivity index is 3.38.